The number of pyridine rings is 1. The second kappa shape index (κ2) is 24.0. The molecule has 10 aromatic carbocycles. The van der Waals surface area contributed by atoms with Crippen LogP contribution in [-0.4, -0.2) is 19.6 Å². The topological polar surface area (TPSA) is 50.9 Å². The summed E-state index contributed by atoms with van der Waals surface area (Å²) in [5.74, 6) is 0.0533. The van der Waals surface area contributed by atoms with Crippen molar-refractivity contribution in [3.8, 4) is 101 Å². The molecular weight excluding hydrogens is 1190 g/mol. The van der Waals surface area contributed by atoms with Crippen molar-refractivity contribution in [2.24, 2.45) is 5.92 Å². The van der Waals surface area contributed by atoms with Crippen LogP contribution >= 0.6 is 0 Å². The molecule has 0 spiro atoms. The van der Waals surface area contributed by atoms with Gasteiger partial charge in [-0.05, 0) is 142 Å². The molecule has 0 atom stereocenters. The third-order valence-corrected chi connectivity index (χ3v) is 17.2. The number of hydrogen-bond acceptors (Lipinski definition) is 3. The van der Waals surface area contributed by atoms with Gasteiger partial charge in [-0.2, -0.15) is 0 Å². The van der Waals surface area contributed by atoms with Crippen LogP contribution in [0.1, 0.15) is 82.6 Å². The molecule has 1 N–H and O–H groups in total. The molecule has 408 valence electrons. The van der Waals surface area contributed by atoms with E-state index < -0.39 is 11.8 Å². The summed E-state index contributed by atoms with van der Waals surface area (Å²) in [6.07, 6.45) is 10.6. The molecule has 4 nitrogen and oxygen atoms in total. The molecule has 83 heavy (non-hydrogen) atoms. The van der Waals surface area contributed by atoms with Crippen LogP contribution in [0.3, 0.4) is 0 Å². The van der Waals surface area contributed by atoms with Crippen molar-refractivity contribution in [1.82, 2.24) is 14.5 Å². The summed E-state index contributed by atoms with van der Waals surface area (Å²) >= 11 is 0. The van der Waals surface area contributed by atoms with E-state index in [-0.39, 0.29) is 26.8 Å². The van der Waals surface area contributed by atoms with Gasteiger partial charge in [-0.3, -0.25) is 9.55 Å². The number of imidazole rings is 1. The minimum atomic E-state index is -0.745. The number of nitrogens with zero attached hydrogens (tertiary/aromatic N) is 3. The molecule has 0 radical (unpaired) electrons. The number of para-hydroxylation sites is 1. The number of phenolic OH excluding ortho intramolecular Hbond substituents is 1. The number of phenols is 1. The summed E-state index contributed by atoms with van der Waals surface area (Å²) in [6, 6.07) is 90.5. The molecule has 0 saturated heterocycles. The van der Waals surface area contributed by atoms with Gasteiger partial charge in [-0.25, -0.2) is 4.98 Å². The van der Waals surface area contributed by atoms with Crippen LogP contribution in [0.4, 0.5) is 0 Å². The Hall–Kier alpha value is -8.69. The molecule has 2 fully saturated rings. The Morgan fingerprint density at radius 3 is 1.63 bits per heavy atom. The third kappa shape index (κ3) is 11.1. The smallest absolute Gasteiger partial charge is 0.148 e. The standard InChI is InChI=1S/C78H64N3O.Pt/c82-77-71(63-29-14-5-15-30-63)50-66(57-25-10-3-11-26-57)51-72(77)78-80-76-69(31-18-32-75(76)81(78)74-42-33-54(45-53-19-16-17-20-53)46-70(74)62-27-12-4-13-28-62)67-47-65(56-23-8-2-9-24-56)48-68(49-67)73-52-64(43-44-79-73)61-40-38-60(39-41-61)59-36-34-58(35-37-59)55-21-6-1-7-22-55;/h1-15,18,21-33,38-44,46-48,50-53,58-59,82H,16-17,19-20,34-37,45H2;/q-1;/i58D,59D;. The fourth-order valence-electron chi connectivity index (χ4n) is 12.9. The van der Waals surface area contributed by atoms with E-state index in [9.17, 15) is 7.85 Å². The fourth-order valence-corrected chi connectivity index (χ4v) is 12.9. The maximum Gasteiger partial charge on any atom is 0.148 e. The number of hydrogen-bond donors (Lipinski definition) is 1. The van der Waals surface area contributed by atoms with Gasteiger partial charge >= 0.3 is 0 Å². The first-order valence-corrected chi connectivity index (χ1v) is 29.2. The first kappa shape index (κ1) is 51.2. The van der Waals surface area contributed by atoms with Crippen LogP contribution in [0.2, 0.25) is 0 Å². The van der Waals surface area contributed by atoms with E-state index in [1.165, 1.54) is 31.2 Å². The van der Waals surface area contributed by atoms with E-state index >= 15 is 0 Å². The average molecular weight is 1260 g/mol. The number of rotatable bonds is 13. The van der Waals surface area contributed by atoms with Gasteiger partial charge < -0.3 is 5.11 Å². The van der Waals surface area contributed by atoms with Gasteiger partial charge in [0.15, 0.2) is 0 Å². The Labute approximate surface area is 505 Å². The second-order valence-corrected chi connectivity index (χ2v) is 22.3. The molecule has 2 aliphatic rings. The zero-order valence-electron chi connectivity index (χ0n) is 48.3. The summed E-state index contributed by atoms with van der Waals surface area (Å²) in [5, 5.41) is 12.9. The number of aromatic hydroxyl groups is 1. The van der Waals surface area contributed by atoms with Crippen LogP contribution in [0.15, 0.2) is 255 Å². The van der Waals surface area contributed by atoms with Crippen LogP contribution in [-0.2, 0) is 27.5 Å². The molecule has 5 heteroatoms. The van der Waals surface area contributed by atoms with Crippen molar-refractivity contribution in [2.75, 3.05) is 0 Å². The van der Waals surface area contributed by atoms with E-state index in [1.54, 1.807) is 0 Å². The first-order chi connectivity index (χ1) is 41.2. The van der Waals surface area contributed by atoms with E-state index in [4.69, 9.17) is 9.97 Å². The number of benzene rings is 10. The monoisotopic (exact) mass is 1260 g/mol. The first-order valence-electron chi connectivity index (χ1n) is 30.2. The molecule has 12 aromatic rings. The molecule has 2 aromatic heterocycles. The molecule has 0 bridgehead atoms. The fraction of sp³-hybridized carbons (Fsp3) is 0.154. The zero-order valence-corrected chi connectivity index (χ0v) is 48.6. The van der Waals surface area contributed by atoms with Crippen molar-refractivity contribution in [2.45, 2.75) is 69.6 Å². The van der Waals surface area contributed by atoms with Crippen molar-refractivity contribution >= 4 is 11.0 Å². The maximum absolute atomic E-state index is 12.9. The Morgan fingerprint density at radius 1 is 0.446 bits per heavy atom. The van der Waals surface area contributed by atoms with Gasteiger partial charge in [0.05, 0.1) is 22.3 Å². The van der Waals surface area contributed by atoms with Crippen LogP contribution in [0.25, 0.3) is 106 Å². The summed E-state index contributed by atoms with van der Waals surface area (Å²) in [4.78, 5) is 10.8. The SMILES string of the molecule is [2H]C1(c2ccccc2)CCC([2H])(c2ccc(-c3ccnc(-c4[c-]c(-c5cccc6c5nc(-c5cc(-c7ccccc7)cc(-c7ccccc7)c5O)n6-c5ccc(CC6CCCC6)cc5-c5ccccc5)cc(-c5ccccc5)c4)c3)cc2)CC1.[Pt]. The van der Waals surface area contributed by atoms with Gasteiger partial charge in [-0.1, -0.05) is 243 Å². The van der Waals surface area contributed by atoms with E-state index in [2.05, 4.69) is 211 Å². The van der Waals surface area contributed by atoms with Crippen molar-refractivity contribution in [3.05, 3.63) is 278 Å². The molecule has 14 rings (SSSR count). The minimum absolute atomic E-state index is 0. The number of aromatic nitrogens is 3. The molecule has 0 aliphatic heterocycles. The van der Waals surface area contributed by atoms with E-state index in [0.29, 0.717) is 43.0 Å². The quantitative estimate of drug-likeness (QED) is 0.117. The molecule has 0 unspecified atom stereocenters. The molecule has 0 amide bonds. The van der Waals surface area contributed by atoms with Crippen molar-refractivity contribution in [3.63, 3.8) is 0 Å². The molecule has 2 saturated carbocycles. The van der Waals surface area contributed by atoms with Gasteiger partial charge in [0.25, 0.3) is 0 Å². The normalized spacial score (nSPS) is 17.4. The van der Waals surface area contributed by atoms with Crippen molar-refractivity contribution in [1.29, 1.82) is 0 Å². The van der Waals surface area contributed by atoms with Gasteiger partial charge in [-0.15, -0.1) is 23.8 Å². The Bertz CT molecular complexity index is 4310. The van der Waals surface area contributed by atoms with Crippen molar-refractivity contribution < 1.29 is 28.9 Å². The molecule has 2 aliphatic carbocycles. The second-order valence-electron chi connectivity index (χ2n) is 22.3. The summed E-state index contributed by atoms with van der Waals surface area (Å²) in [6.45, 7) is 0. The Morgan fingerprint density at radius 2 is 0.988 bits per heavy atom. The third-order valence-electron chi connectivity index (χ3n) is 17.2. The summed E-state index contributed by atoms with van der Waals surface area (Å²) in [5.41, 5.74) is 20.0. The summed E-state index contributed by atoms with van der Waals surface area (Å²) < 4.78 is 21.2. The minimum Gasteiger partial charge on any atom is -0.507 e. The van der Waals surface area contributed by atoms with Gasteiger partial charge in [0.2, 0.25) is 0 Å². The number of fused-ring (bicyclic) bond motifs is 1. The van der Waals surface area contributed by atoms with Crippen LogP contribution < -0.4 is 0 Å². The van der Waals surface area contributed by atoms with Gasteiger partial charge in [0.1, 0.15) is 11.6 Å². The maximum atomic E-state index is 12.9. The predicted octanol–water partition coefficient (Wildman–Crippen LogP) is 20.4. The van der Waals surface area contributed by atoms with Crippen LogP contribution in [0.5, 0.6) is 5.75 Å². The molecule has 2 heterocycles. The van der Waals surface area contributed by atoms with Crippen LogP contribution in [0, 0.1) is 12.0 Å². The summed E-state index contributed by atoms with van der Waals surface area (Å²) in [7, 11) is 0. The zero-order chi connectivity index (χ0) is 56.6. The molecular formula is C78H64N3OPt-. The largest absolute Gasteiger partial charge is 0.507 e. The van der Waals surface area contributed by atoms with E-state index in [0.717, 1.165) is 112 Å². The Balaban J connectivity index is 0.00000672. The predicted molar refractivity (Wildman–Crippen MR) is 339 cm³/mol. The van der Waals surface area contributed by atoms with Gasteiger partial charge in [0, 0.05) is 46.8 Å². The Kier molecular flexibility index (Phi) is 14.8. The average Bonchev–Trinajstić information content (AvgIpc) is 2.29. The van der Waals surface area contributed by atoms with E-state index in [1.807, 2.05) is 54.7 Å².